The molecule has 1 N–H and O–H groups in total. The predicted molar refractivity (Wildman–Crippen MR) is 60.8 cm³/mol. The fraction of sp³-hybridized carbons (Fsp3) is 0.417. The predicted octanol–water partition coefficient (Wildman–Crippen LogP) is 1.26. The Morgan fingerprint density at radius 2 is 2.16 bits per heavy atom. The Kier molecular flexibility index (Phi) is 3.46. The van der Waals surface area contributed by atoms with E-state index in [4.69, 9.17) is 5.11 Å². The van der Waals surface area contributed by atoms with Gasteiger partial charge in [0.15, 0.2) is 0 Å². The molecular formula is C12H12F2N2O3. The Morgan fingerprint density at radius 1 is 1.42 bits per heavy atom. The van der Waals surface area contributed by atoms with E-state index >= 15 is 0 Å². The number of aliphatic carboxylic acids is 1. The van der Waals surface area contributed by atoms with Crippen molar-refractivity contribution in [1.29, 1.82) is 0 Å². The molecule has 7 heteroatoms. The number of nitrogens with zero attached hydrogens (tertiary/aromatic N) is 2. The van der Waals surface area contributed by atoms with Gasteiger partial charge in [-0.2, -0.15) is 0 Å². The first-order chi connectivity index (χ1) is 8.92. The summed E-state index contributed by atoms with van der Waals surface area (Å²) in [5.74, 6) is -7.30. The number of aromatic nitrogens is 1. The van der Waals surface area contributed by atoms with Crippen molar-refractivity contribution in [3.05, 3.63) is 30.1 Å². The zero-order chi connectivity index (χ0) is 14.0. The highest BCUT2D eigenvalue weighted by atomic mass is 19.3. The zero-order valence-corrected chi connectivity index (χ0v) is 9.92. The number of carbonyl (C=O) groups excluding carboxylic acids is 1. The number of piperidine rings is 1. The third-order valence-corrected chi connectivity index (χ3v) is 3.07. The Labute approximate surface area is 107 Å². The summed E-state index contributed by atoms with van der Waals surface area (Å²) >= 11 is 0. The lowest BCUT2D eigenvalue weighted by Gasteiger charge is -2.36. The molecule has 0 aliphatic carbocycles. The van der Waals surface area contributed by atoms with Crippen LogP contribution in [0.5, 0.6) is 0 Å². The number of carbonyl (C=O) groups is 2. The van der Waals surface area contributed by atoms with E-state index in [1.807, 2.05) is 0 Å². The quantitative estimate of drug-likeness (QED) is 0.878. The van der Waals surface area contributed by atoms with Crippen LogP contribution < -0.4 is 0 Å². The molecule has 0 saturated carbocycles. The van der Waals surface area contributed by atoms with Crippen LogP contribution in [0.15, 0.2) is 24.4 Å². The number of carboxylic acids is 1. The first-order valence-corrected chi connectivity index (χ1v) is 5.73. The average Bonchev–Trinajstić information content (AvgIpc) is 2.37. The Morgan fingerprint density at radius 3 is 2.68 bits per heavy atom. The number of hydrogen-bond donors (Lipinski definition) is 1. The topological polar surface area (TPSA) is 70.5 Å². The molecule has 1 atom stereocenters. The molecule has 2 heterocycles. The smallest absolute Gasteiger partial charge is 0.312 e. The summed E-state index contributed by atoms with van der Waals surface area (Å²) in [4.78, 5) is 27.4. The lowest BCUT2D eigenvalue weighted by molar-refractivity contribution is -0.165. The Bertz CT molecular complexity index is 493. The molecule has 2 rings (SSSR count). The molecular weight excluding hydrogens is 258 g/mol. The van der Waals surface area contributed by atoms with E-state index in [-0.39, 0.29) is 18.7 Å². The number of carboxylic acid groups (broad SMARTS) is 1. The second-order valence-electron chi connectivity index (χ2n) is 4.38. The highest BCUT2D eigenvalue weighted by Gasteiger charge is 2.49. The monoisotopic (exact) mass is 270 g/mol. The summed E-state index contributed by atoms with van der Waals surface area (Å²) in [6.07, 6.45) is 1.14. The first-order valence-electron chi connectivity index (χ1n) is 5.73. The van der Waals surface area contributed by atoms with Crippen molar-refractivity contribution < 1.29 is 23.5 Å². The average molecular weight is 270 g/mol. The van der Waals surface area contributed by atoms with Gasteiger partial charge in [-0.05, 0) is 18.6 Å². The lowest BCUT2D eigenvalue weighted by Crippen LogP contribution is -2.53. The number of halogens is 2. The summed E-state index contributed by atoms with van der Waals surface area (Å²) in [6.45, 7) is -0.901. The van der Waals surface area contributed by atoms with E-state index in [0.29, 0.717) is 0 Å². The van der Waals surface area contributed by atoms with Gasteiger partial charge in [0.2, 0.25) is 0 Å². The van der Waals surface area contributed by atoms with Crippen LogP contribution in [0.3, 0.4) is 0 Å². The SMILES string of the molecule is O=C(O)[C@@H]1CCN(C(=O)c2ccccn2)CC1(F)F. The minimum absolute atomic E-state index is 0.0119. The van der Waals surface area contributed by atoms with Crippen molar-refractivity contribution in [1.82, 2.24) is 9.88 Å². The van der Waals surface area contributed by atoms with Crippen LogP contribution in [0.2, 0.25) is 0 Å². The minimum atomic E-state index is -3.42. The first kappa shape index (κ1) is 13.4. The molecule has 0 bridgehead atoms. The number of pyridine rings is 1. The van der Waals surface area contributed by atoms with E-state index in [1.54, 1.807) is 12.1 Å². The summed E-state index contributed by atoms with van der Waals surface area (Å²) in [5, 5.41) is 8.72. The maximum atomic E-state index is 13.7. The molecule has 1 saturated heterocycles. The number of hydrogen-bond acceptors (Lipinski definition) is 3. The maximum absolute atomic E-state index is 13.7. The van der Waals surface area contributed by atoms with E-state index in [9.17, 15) is 18.4 Å². The summed E-state index contributed by atoms with van der Waals surface area (Å²) in [7, 11) is 0. The molecule has 0 aromatic carbocycles. The molecule has 19 heavy (non-hydrogen) atoms. The van der Waals surface area contributed by atoms with Crippen molar-refractivity contribution >= 4 is 11.9 Å². The normalized spacial score (nSPS) is 22.0. The number of amides is 1. The third-order valence-electron chi connectivity index (χ3n) is 3.07. The van der Waals surface area contributed by atoms with E-state index < -0.39 is 30.3 Å². The van der Waals surface area contributed by atoms with Crippen molar-refractivity contribution in [2.45, 2.75) is 12.3 Å². The van der Waals surface area contributed by atoms with Crippen LogP contribution in [0.4, 0.5) is 8.78 Å². The number of likely N-dealkylation sites (tertiary alicyclic amines) is 1. The molecule has 0 spiro atoms. The highest BCUT2D eigenvalue weighted by Crippen LogP contribution is 2.33. The van der Waals surface area contributed by atoms with Gasteiger partial charge in [-0.15, -0.1) is 0 Å². The largest absolute Gasteiger partial charge is 0.481 e. The standard InChI is InChI=1S/C12H12F2N2O3/c13-12(14)7-16(6-4-8(12)11(18)19)10(17)9-3-1-2-5-15-9/h1-3,5,8H,4,6-7H2,(H,18,19)/t8-/m0/s1. The van der Waals surface area contributed by atoms with Gasteiger partial charge in [-0.25, -0.2) is 8.78 Å². The maximum Gasteiger partial charge on any atom is 0.312 e. The second-order valence-corrected chi connectivity index (χ2v) is 4.38. The molecule has 1 aliphatic rings. The molecule has 102 valence electrons. The van der Waals surface area contributed by atoms with Gasteiger partial charge in [0.1, 0.15) is 11.6 Å². The molecule has 1 aliphatic heterocycles. The Balaban J connectivity index is 2.13. The van der Waals surface area contributed by atoms with Crippen LogP contribution in [0, 0.1) is 5.92 Å². The summed E-state index contributed by atoms with van der Waals surface area (Å²) < 4.78 is 27.3. The molecule has 1 fully saturated rings. The zero-order valence-electron chi connectivity index (χ0n) is 9.92. The van der Waals surface area contributed by atoms with Gasteiger partial charge in [0.05, 0.1) is 6.54 Å². The van der Waals surface area contributed by atoms with Crippen LogP contribution in [-0.2, 0) is 4.79 Å². The van der Waals surface area contributed by atoms with Crippen LogP contribution >= 0.6 is 0 Å². The minimum Gasteiger partial charge on any atom is -0.481 e. The van der Waals surface area contributed by atoms with Gasteiger partial charge in [-0.1, -0.05) is 6.07 Å². The van der Waals surface area contributed by atoms with Crippen molar-refractivity contribution in [2.75, 3.05) is 13.1 Å². The van der Waals surface area contributed by atoms with Crippen molar-refractivity contribution in [3.63, 3.8) is 0 Å². The van der Waals surface area contributed by atoms with Crippen LogP contribution in [0.1, 0.15) is 16.9 Å². The number of alkyl halides is 2. The fourth-order valence-electron chi connectivity index (χ4n) is 2.07. The van der Waals surface area contributed by atoms with E-state index in [1.165, 1.54) is 12.3 Å². The van der Waals surface area contributed by atoms with E-state index in [2.05, 4.69) is 4.98 Å². The van der Waals surface area contributed by atoms with Gasteiger partial charge in [0.25, 0.3) is 11.8 Å². The lowest BCUT2D eigenvalue weighted by atomic mass is 9.93. The molecule has 0 unspecified atom stereocenters. The van der Waals surface area contributed by atoms with Crippen molar-refractivity contribution in [2.24, 2.45) is 5.92 Å². The molecule has 1 aromatic heterocycles. The molecule has 0 radical (unpaired) electrons. The van der Waals surface area contributed by atoms with Gasteiger partial charge in [0, 0.05) is 12.7 Å². The van der Waals surface area contributed by atoms with Crippen LogP contribution in [0.25, 0.3) is 0 Å². The van der Waals surface area contributed by atoms with E-state index in [0.717, 1.165) is 4.90 Å². The summed E-state index contributed by atoms with van der Waals surface area (Å²) in [6, 6.07) is 4.63. The highest BCUT2D eigenvalue weighted by molar-refractivity contribution is 5.92. The van der Waals surface area contributed by atoms with Crippen LogP contribution in [-0.4, -0.2) is 45.9 Å². The van der Waals surface area contributed by atoms with Crippen molar-refractivity contribution in [3.8, 4) is 0 Å². The second kappa shape index (κ2) is 4.91. The third kappa shape index (κ3) is 2.69. The van der Waals surface area contributed by atoms with Gasteiger partial charge in [-0.3, -0.25) is 14.6 Å². The Hall–Kier alpha value is -2.05. The number of rotatable bonds is 2. The van der Waals surface area contributed by atoms with Gasteiger partial charge < -0.3 is 10.0 Å². The molecule has 1 aromatic rings. The summed E-state index contributed by atoms with van der Waals surface area (Å²) in [5.41, 5.74) is 0.0760. The fourth-order valence-corrected chi connectivity index (χ4v) is 2.07. The molecule has 5 nitrogen and oxygen atoms in total. The molecule has 1 amide bonds. The van der Waals surface area contributed by atoms with Gasteiger partial charge >= 0.3 is 5.97 Å².